The lowest BCUT2D eigenvalue weighted by atomic mass is 10.0. The van der Waals surface area contributed by atoms with E-state index in [0.717, 1.165) is 25.7 Å². The van der Waals surface area contributed by atoms with Gasteiger partial charge in [-0.2, -0.15) is 0 Å². The predicted octanol–water partition coefficient (Wildman–Crippen LogP) is 2.62. The first-order valence-electron chi connectivity index (χ1n) is 5.33. The number of unbranched alkanes of at least 4 members (excludes halogenated alkanes) is 2. The normalized spacial score (nSPS) is 28.2. The maximum Gasteiger partial charge on any atom is 0.124 e. The first-order valence-corrected chi connectivity index (χ1v) is 5.33. The van der Waals surface area contributed by atoms with E-state index in [4.69, 9.17) is 4.74 Å². The van der Waals surface area contributed by atoms with Crippen LogP contribution in [-0.4, -0.2) is 17.3 Å². The molecule has 13 heavy (non-hydrogen) atoms. The second-order valence-corrected chi connectivity index (χ2v) is 3.69. The quantitative estimate of drug-likeness (QED) is 0.680. The van der Waals surface area contributed by atoms with Gasteiger partial charge in [0.2, 0.25) is 0 Å². The summed E-state index contributed by atoms with van der Waals surface area (Å²) < 4.78 is 5.43. The minimum Gasteiger partial charge on any atom is -0.496 e. The third-order valence-electron chi connectivity index (χ3n) is 2.50. The molecule has 1 N–H and O–H groups in total. The van der Waals surface area contributed by atoms with E-state index in [1.165, 1.54) is 12.8 Å². The lowest BCUT2D eigenvalue weighted by Gasteiger charge is -2.20. The van der Waals surface area contributed by atoms with Crippen molar-refractivity contribution in [3.8, 4) is 0 Å². The zero-order chi connectivity index (χ0) is 9.52. The topological polar surface area (TPSA) is 29.5 Å². The minimum absolute atomic E-state index is 0.0327. The van der Waals surface area contributed by atoms with Crippen LogP contribution in [0.4, 0.5) is 0 Å². The number of ether oxygens (including phenoxy) is 1. The van der Waals surface area contributed by atoms with Crippen LogP contribution >= 0.6 is 0 Å². The molecule has 1 aliphatic rings. The highest BCUT2D eigenvalue weighted by Crippen LogP contribution is 2.17. The third-order valence-corrected chi connectivity index (χ3v) is 2.50. The predicted molar refractivity (Wildman–Crippen MR) is 53.4 cm³/mol. The number of allylic oxidation sites excluding steroid dienone is 1. The summed E-state index contributed by atoms with van der Waals surface area (Å²) in [5.74, 6) is 0. The Labute approximate surface area is 80.6 Å². The second-order valence-electron chi connectivity index (χ2n) is 3.69. The average molecular weight is 184 g/mol. The van der Waals surface area contributed by atoms with Crippen molar-refractivity contribution in [2.45, 2.75) is 57.7 Å². The van der Waals surface area contributed by atoms with Crippen molar-refractivity contribution in [1.29, 1.82) is 0 Å². The average Bonchev–Trinajstić information content (AvgIpc) is 2.32. The number of aliphatic hydroxyl groups excluding tert-OH is 1. The number of rotatable bonds is 4. The van der Waals surface area contributed by atoms with E-state index in [-0.39, 0.29) is 12.2 Å². The monoisotopic (exact) mass is 184 g/mol. The molecule has 0 aromatic carbocycles. The smallest absolute Gasteiger partial charge is 0.124 e. The zero-order valence-electron chi connectivity index (χ0n) is 8.41. The Bertz CT molecular complexity index is 154. The summed E-state index contributed by atoms with van der Waals surface area (Å²) in [6, 6.07) is 0. The van der Waals surface area contributed by atoms with Gasteiger partial charge in [-0.3, -0.25) is 0 Å². The molecule has 0 saturated heterocycles. The Kier molecular flexibility index (Phi) is 4.91. The fourth-order valence-corrected chi connectivity index (χ4v) is 1.62. The number of hydrogen-bond acceptors (Lipinski definition) is 2. The van der Waals surface area contributed by atoms with Gasteiger partial charge in [0.05, 0.1) is 12.4 Å². The summed E-state index contributed by atoms with van der Waals surface area (Å²) >= 11 is 0. The van der Waals surface area contributed by atoms with E-state index >= 15 is 0 Å². The molecule has 0 aromatic heterocycles. The van der Waals surface area contributed by atoms with E-state index in [0.29, 0.717) is 0 Å². The fraction of sp³-hybridized carbons (Fsp3) is 0.818. The standard InChI is InChI=1S/C11H20O2/c1-2-3-4-8-11-10(12)7-5-6-9-13-11/h6,9-12H,2-5,7-8H2,1H3/t10-,11-/m0/s1. The summed E-state index contributed by atoms with van der Waals surface area (Å²) in [5, 5.41) is 9.68. The van der Waals surface area contributed by atoms with Crippen molar-refractivity contribution < 1.29 is 9.84 Å². The van der Waals surface area contributed by atoms with Gasteiger partial charge in [0, 0.05) is 0 Å². The fourth-order valence-electron chi connectivity index (χ4n) is 1.62. The molecule has 1 heterocycles. The van der Waals surface area contributed by atoms with E-state index in [1.54, 1.807) is 6.26 Å². The summed E-state index contributed by atoms with van der Waals surface area (Å²) in [7, 11) is 0. The van der Waals surface area contributed by atoms with Crippen molar-refractivity contribution >= 4 is 0 Å². The molecule has 2 nitrogen and oxygen atoms in total. The molecule has 0 spiro atoms. The molecule has 0 aliphatic carbocycles. The van der Waals surface area contributed by atoms with Crippen molar-refractivity contribution in [3.63, 3.8) is 0 Å². The van der Waals surface area contributed by atoms with Crippen LogP contribution in [0.5, 0.6) is 0 Å². The van der Waals surface area contributed by atoms with Crippen LogP contribution in [0.3, 0.4) is 0 Å². The summed E-state index contributed by atoms with van der Waals surface area (Å²) in [6.45, 7) is 2.18. The van der Waals surface area contributed by atoms with E-state index < -0.39 is 0 Å². The number of aliphatic hydroxyl groups is 1. The van der Waals surface area contributed by atoms with Crippen molar-refractivity contribution in [1.82, 2.24) is 0 Å². The van der Waals surface area contributed by atoms with Gasteiger partial charge in [0.25, 0.3) is 0 Å². The molecule has 0 aromatic rings. The molecule has 0 unspecified atom stereocenters. The minimum atomic E-state index is -0.271. The molecular formula is C11H20O2. The van der Waals surface area contributed by atoms with Crippen LogP contribution in [0.15, 0.2) is 12.3 Å². The summed E-state index contributed by atoms with van der Waals surface area (Å²) in [5.41, 5.74) is 0. The maximum atomic E-state index is 9.68. The van der Waals surface area contributed by atoms with Gasteiger partial charge in [-0.05, 0) is 31.8 Å². The van der Waals surface area contributed by atoms with Crippen molar-refractivity contribution in [3.05, 3.63) is 12.3 Å². The van der Waals surface area contributed by atoms with Crippen LogP contribution < -0.4 is 0 Å². The molecule has 0 radical (unpaired) electrons. The number of hydrogen-bond donors (Lipinski definition) is 1. The Balaban J connectivity index is 2.24. The van der Waals surface area contributed by atoms with Gasteiger partial charge < -0.3 is 9.84 Å². The van der Waals surface area contributed by atoms with Crippen LogP contribution in [0, 0.1) is 0 Å². The van der Waals surface area contributed by atoms with Gasteiger partial charge >= 0.3 is 0 Å². The van der Waals surface area contributed by atoms with Crippen molar-refractivity contribution in [2.24, 2.45) is 0 Å². The Morgan fingerprint density at radius 2 is 2.31 bits per heavy atom. The van der Waals surface area contributed by atoms with Gasteiger partial charge in [-0.25, -0.2) is 0 Å². The van der Waals surface area contributed by atoms with E-state index in [9.17, 15) is 5.11 Å². The molecule has 2 heteroatoms. The molecule has 1 rings (SSSR count). The zero-order valence-corrected chi connectivity index (χ0v) is 8.41. The van der Waals surface area contributed by atoms with Crippen LogP contribution in [0.1, 0.15) is 45.4 Å². The summed E-state index contributed by atoms with van der Waals surface area (Å²) in [6.07, 6.45) is 9.87. The van der Waals surface area contributed by atoms with E-state index in [2.05, 4.69) is 6.92 Å². The molecule has 2 atom stereocenters. The Hall–Kier alpha value is -0.500. The largest absolute Gasteiger partial charge is 0.496 e. The molecule has 0 fully saturated rings. The first-order chi connectivity index (χ1) is 6.34. The lowest BCUT2D eigenvalue weighted by Crippen LogP contribution is -2.26. The Morgan fingerprint density at radius 3 is 3.08 bits per heavy atom. The molecule has 0 amide bonds. The van der Waals surface area contributed by atoms with Gasteiger partial charge in [0.15, 0.2) is 0 Å². The molecule has 1 aliphatic heterocycles. The SMILES string of the molecule is CCCCC[C@@H]1OC=CCC[C@@H]1O. The molecule has 76 valence electrons. The molecule has 0 bridgehead atoms. The van der Waals surface area contributed by atoms with Crippen LogP contribution in [-0.2, 0) is 4.74 Å². The lowest BCUT2D eigenvalue weighted by molar-refractivity contribution is 0.00461. The van der Waals surface area contributed by atoms with Gasteiger partial charge in [0.1, 0.15) is 6.10 Å². The highest BCUT2D eigenvalue weighted by atomic mass is 16.5. The third kappa shape index (κ3) is 3.81. The van der Waals surface area contributed by atoms with Crippen molar-refractivity contribution in [2.75, 3.05) is 0 Å². The highest BCUT2D eigenvalue weighted by Gasteiger charge is 2.19. The molecule has 0 saturated carbocycles. The second kappa shape index (κ2) is 6.03. The first kappa shape index (κ1) is 10.6. The Morgan fingerprint density at radius 1 is 1.46 bits per heavy atom. The van der Waals surface area contributed by atoms with Gasteiger partial charge in [-0.15, -0.1) is 0 Å². The van der Waals surface area contributed by atoms with E-state index in [1.807, 2.05) is 6.08 Å². The van der Waals surface area contributed by atoms with Crippen LogP contribution in [0.2, 0.25) is 0 Å². The van der Waals surface area contributed by atoms with Gasteiger partial charge in [-0.1, -0.05) is 19.8 Å². The van der Waals surface area contributed by atoms with Crippen LogP contribution in [0.25, 0.3) is 0 Å². The maximum absolute atomic E-state index is 9.68. The summed E-state index contributed by atoms with van der Waals surface area (Å²) in [4.78, 5) is 0. The molecular weight excluding hydrogens is 164 g/mol. The highest BCUT2D eigenvalue weighted by molar-refractivity contribution is 4.84.